The summed E-state index contributed by atoms with van der Waals surface area (Å²) in [6, 6.07) is 15.4. The summed E-state index contributed by atoms with van der Waals surface area (Å²) in [5.41, 5.74) is 1.79. The molecule has 0 bridgehead atoms. The third kappa shape index (κ3) is 3.77. The van der Waals surface area contributed by atoms with E-state index in [0.29, 0.717) is 28.7 Å². The first-order valence-electron chi connectivity index (χ1n) is 7.81. The van der Waals surface area contributed by atoms with Gasteiger partial charge in [0.25, 0.3) is 0 Å². The average Bonchev–Trinajstić information content (AvgIpc) is 3.02. The minimum Gasteiger partial charge on any atom is -0.493 e. The molecule has 0 radical (unpaired) electrons. The van der Waals surface area contributed by atoms with Gasteiger partial charge < -0.3 is 9.47 Å². The molecule has 0 spiro atoms. The van der Waals surface area contributed by atoms with Crippen LogP contribution in [0, 0.1) is 4.77 Å². The highest BCUT2D eigenvalue weighted by atomic mass is 32.1. The van der Waals surface area contributed by atoms with E-state index in [0.717, 1.165) is 11.1 Å². The van der Waals surface area contributed by atoms with Crippen LogP contribution in [0.15, 0.2) is 53.6 Å². The van der Waals surface area contributed by atoms with Gasteiger partial charge in [-0.1, -0.05) is 30.3 Å². The Kier molecular flexibility index (Phi) is 5.25. The quantitative estimate of drug-likeness (QED) is 0.539. The van der Waals surface area contributed by atoms with Crippen molar-refractivity contribution in [1.82, 2.24) is 14.9 Å². The molecule has 1 N–H and O–H groups in total. The Bertz CT molecular complexity index is 932. The highest BCUT2D eigenvalue weighted by Gasteiger charge is 2.08. The van der Waals surface area contributed by atoms with Crippen molar-refractivity contribution < 1.29 is 9.47 Å². The van der Waals surface area contributed by atoms with Crippen molar-refractivity contribution in [3.63, 3.8) is 0 Å². The highest BCUT2D eigenvalue weighted by Crippen LogP contribution is 2.27. The van der Waals surface area contributed by atoms with Crippen molar-refractivity contribution in [1.29, 1.82) is 0 Å². The van der Waals surface area contributed by atoms with Crippen LogP contribution in [0.4, 0.5) is 0 Å². The molecule has 128 valence electrons. The summed E-state index contributed by atoms with van der Waals surface area (Å²) in [5.74, 6) is 2.01. The van der Waals surface area contributed by atoms with E-state index in [4.69, 9.17) is 21.7 Å². The predicted molar refractivity (Wildman–Crippen MR) is 100 cm³/mol. The summed E-state index contributed by atoms with van der Waals surface area (Å²) in [7, 11) is 1.61. The molecular formula is C18H18N4O2S. The van der Waals surface area contributed by atoms with Crippen LogP contribution in [0.25, 0.3) is 11.4 Å². The third-order valence-electron chi connectivity index (χ3n) is 3.49. The molecule has 0 fully saturated rings. The van der Waals surface area contributed by atoms with E-state index >= 15 is 0 Å². The van der Waals surface area contributed by atoms with Crippen LogP contribution < -0.4 is 9.47 Å². The topological polar surface area (TPSA) is 64.4 Å². The van der Waals surface area contributed by atoms with Crippen molar-refractivity contribution >= 4 is 18.4 Å². The van der Waals surface area contributed by atoms with Crippen molar-refractivity contribution in [3.8, 4) is 22.9 Å². The van der Waals surface area contributed by atoms with Gasteiger partial charge in [-0.25, -0.2) is 5.10 Å². The SMILES string of the molecule is CCOc1cc(C=Nn2c(-c3ccccc3)n[nH]c2=S)ccc1OC. The number of ether oxygens (including phenoxy) is 2. The van der Waals surface area contributed by atoms with Crippen LogP contribution in [0.5, 0.6) is 11.5 Å². The molecule has 0 unspecified atom stereocenters. The molecule has 0 aliphatic rings. The molecule has 1 aromatic heterocycles. The first-order valence-corrected chi connectivity index (χ1v) is 8.21. The van der Waals surface area contributed by atoms with Crippen LogP contribution in [0.1, 0.15) is 12.5 Å². The lowest BCUT2D eigenvalue weighted by Gasteiger charge is -2.09. The van der Waals surface area contributed by atoms with Crippen molar-refractivity contribution in [2.75, 3.05) is 13.7 Å². The van der Waals surface area contributed by atoms with Gasteiger partial charge >= 0.3 is 0 Å². The fraction of sp³-hybridized carbons (Fsp3) is 0.167. The van der Waals surface area contributed by atoms with Crippen LogP contribution >= 0.6 is 12.2 Å². The van der Waals surface area contributed by atoms with Crippen LogP contribution in [-0.4, -0.2) is 34.8 Å². The monoisotopic (exact) mass is 354 g/mol. The standard InChI is InChI=1S/C18H18N4O2S/c1-3-24-16-11-13(9-10-15(16)23-2)12-19-22-17(20-21-18(22)25)14-7-5-4-6-8-14/h4-12H,3H2,1-2H3,(H,21,25). The molecule has 6 nitrogen and oxygen atoms in total. The van der Waals surface area contributed by atoms with Gasteiger partial charge in [0.15, 0.2) is 17.3 Å². The molecule has 0 amide bonds. The lowest BCUT2D eigenvalue weighted by atomic mass is 10.2. The van der Waals surface area contributed by atoms with Gasteiger partial charge in [0.2, 0.25) is 4.77 Å². The Morgan fingerprint density at radius 3 is 2.72 bits per heavy atom. The molecule has 0 saturated heterocycles. The number of hydrogen-bond donors (Lipinski definition) is 1. The second kappa shape index (κ2) is 7.76. The Hall–Kier alpha value is -2.93. The van der Waals surface area contributed by atoms with E-state index in [1.54, 1.807) is 18.0 Å². The molecule has 1 heterocycles. The zero-order chi connectivity index (χ0) is 17.6. The van der Waals surface area contributed by atoms with E-state index < -0.39 is 0 Å². The van der Waals surface area contributed by atoms with E-state index in [1.165, 1.54) is 0 Å². The number of rotatable bonds is 6. The van der Waals surface area contributed by atoms with Crippen LogP contribution in [-0.2, 0) is 0 Å². The second-order valence-corrected chi connectivity index (χ2v) is 5.50. The molecule has 3 aromatic rings. The summed E-state index contributed by atoms with van der Waals surface area (Å²) < 4.78 is 12.9. The molecule has 2 aromatic carbocycles. The highest BCUT2D eigenvalue weighted by molar-refractivity contribution is 7.71. The zero-order valence-electron chi connectivity index (χ0n) is 14.0. The summed E-state index contributed by atoms with van der Waals surface area (Å²) in [6.45, 7) is 2.49. The van der Waals surface area contributed by atoms with Gasteiger partial charge in [0.1, 0.15) is 0 Å². The third-order valence-corrected chi connectivity index (χ3v) is 3.76. The molecule has 3 rings (SSSR count). The number of aromatic nitrogens is 3. The maximum atomic E-state index is 5.59. The minimum atomic E-state index is 0.425. The number of methoxy groups -OCH3 is 1. The summed E-state index contributed by atoms with van der Waals surface area (Å²) in [6.07, 6.45) is 1.71. The molecule has 0 aliphatic carbocycles. The first kappa shape index (κ1) is 16.9. The average molecular weight is 354 g/mol. The number of hydrogen-bond acceptors (Lipinski definition) is 5. The van der Waals surface area contributed by atoms with Gasteiger partial charge in [-0.2, -0.15) is 14.9 Å². The fourth-order valence-electron chi connectivity index (χ4n) is 2.34. The Labute approximate surface area is 150 Å². The van der Waals surface area contributed by atoms with Crippen LogP contribution in [0.2, 0.25) is 0 Å². The lowest BCUT2D eigenvalue weighted by molar-refractivity contribution is 0.311. The van der Waals surface area contributed by atoms with Crippen molar-refractivity contribution in [2.24, 2.45) is 5.10 Å². The Morgan fingerprint density at radius 1 is 1.20 bits per heavy atom. The van der Waals surface area contributed by atoms with Gasteiger partial charge in [0.05, 0.1) is 19.9 Å². The molecule has 0 aliphatic heterocycles. The van der Waals surface area contributed by atoms with Crippen molar-refractivity contribution in [2.45, 2.75) is 6.92 Å². The predicted octanol–water partition coefficient (Wildman–Crippen LogP) is 3.90. The number of aromatic amines is 1. The normalized spacial score (nSPS) is 11.0. The molecule has 0 saturated carbocycles. The lowest BCUT2D eigenvalue weighted by Crippen LogP contribution is -1.98. The van der Waals surface area contributed by atoms with Gasteiger partial charge in [-0.15, -0.1) is 0 Å². The maximum absolute atomic E-state index is 5.59. The Balaban J connectivity index is 1.94. The van der Waals surface area contributed by atoms with Gasteiger partial charge in [0, 0.05) is 5.56 Å². The summed E-state index contributed by atoms with van der Waals surface area (Å²) >= 11 is 5.28. The fourth-order valence-corrected chi connectivity index (χ4v) is 2.52. The number of benzene rings is 2. The largest absolute Gasteiger partial charge is 0.493 e. The minimum absolute atomic E-state index is 0.425. The number of nitrogens with one attached hydrogen (secondary N) is 1. The first-order chi connectivity index (χ1) is 12.2. The van der Waals surface area contributed by atoms with E-state index in [2.05, 4.69) is 15.3 Å². The van der Waals surface area contributed by atoms with E-state index in [-0.39, 0.29) is 0 Å². The van der Waals surface area contributed by atoms with Crippen LogP contribution in [0.3, 0.4) is 0 Å². The smallest absolute Gasteiger partial charge is 0.216 e. The molecule has 0 atom stereocenters. The molecular weight excluding hydrogens is 336 g/mol. The number of H-pyrrole nitrogens is 1. The van der Waals surface area contributed by atoms with E-state index in [1.807, 2.05) is 55.5 Å². The maximum Gasteiger partial charge on any atom is 0.216 e. The van der Waals surface area contributed by atoms with Crippen molar-refractivity contribution in [3.05, 3.63) is 58.9 Å². The second-order valence-electron chi connectivity index (χ2n) is 5.12. The van der Waals surface area contributed by atoms with Gasteiger partial charge in [-0.05, 0) is 42.9 Å². The number of nitrogens with zero attached hydrogens (tertiary/aromatic N) is 3. The van der Waals surface area contributed by atoms with Gasteiger partial charge in [-0.3, -0.25) is 0 Å². The summed E-state index contributed by atoms with van der Waals surface area (Å²) in [5, 5.41) is 11.5. The molecule has 25 heavy (non-hydrogen) atoms. The Morgan fingerprint density at radius 2 is 2.00 bits per heavy atom. The summed E-state index contributed by atoms with van der Waals surface area (Å²) in [4.78, 5) is 0. The molecule has 7 heteroatoms. The van der Waals surface area contributed by atoms with E-state index in [9.17, 15) is 0 Å². The zero-order valence-corrected chi connectivity index (χ0v) is 14.8.